The third-order valence-corrected chi connectivity index (χ3v) is 5.65. The highest BCUT2D eigenvalue weighted by Gasteiger charge is 2.26. The lowest BCUT2D eigenvalue weighted by molar-refractivity contribution is 0.132. The number of hydrogen-bond acceptors (Lipinski definition) is 6. The van der Waals surface area contributed by atoms with Crippen molar-refractivity contribution >= 4 is 22.8 Å². The summed E-state index contributed by atoms with van der Waals surface area (Å²) in [5, 5.41) is 14.2. The Bertz CT molecular complexity index is 1120. The Balaban J connectivity index is 0.00000158. The zero-order valence-corrected chi connectivity index (χ0v) is 20.8. The van der Waals surface area contributed by atoms with Gasteiger partial charge >= 0.3 is 6.09 Å². The average Bonchev–Trinajstić information content (AvgIpc) is 3.31. The van der Waals surface area contributed by atoms with Gasteiger partial charge in [-0.05, 0) is 55.0 Å². The number of phenolic OH excluding ortho intramolecular Hbond substituents is 1. The Labute approximate surface area is 202 Å². The number of fused-ring (bicyclic) bond motifs is 1. The minimum Gasteiger partial charge on any atom is -0.507 e. The number of benzene rings is 2. The number of rotatable bonds is 6. The predicted octanol–water partition coefficient (Wildman–Crippen LogP) is 5.55. The van der Waals surface area contributed by atoms with Crippen molar-refractivity contribution in [2.45, 2.75) is 41.0 Å². The van der Waals surface area contributed by atoms with Crippen molar-refractivity contribution in [3.63, 3.8) is 0 Å². The van der Waals surface area contributed by atoms with Crippen LogP contribution in [-0.4, -0.2) is 47.4 Å². The molecular formula is C27H36N4O3. The van der Waals surface area contributed by atoms with E-state index in [1.165, 1.54) is 0 Å². The average molecular weight is 465 g/mol. The van der Waals surface area contributed by atoms with Crippen LogP contribution in [0.4, 0.5) is 10.6 Å². The van der Waals surface area contributed by atoms with E-state index in [4.69, 9.17) is 14.7 Å². The van der Waals surface area contributed by atoms with E-state index >= 15 is 0 Å². The molecule has 3 aromatic rings. The van der Waals surface area contributed by atoms with Crippen LogP contribution in [0.1, 0.15) is 39.7 Å². The van der Waals surface area contributed by atoms with E-state index in [-0.39, 0.29) is 11.8 Å². The lowest BCUT2D eigenvalue weighted by Gasteiger charge is -2.21. The van der Waals surface area contributed by atoms with E-state index in [1.54, 1.807) is 12.1 Å². The number of hydrogen-bond donors (Lipinski definition) is 2. The molecule has 34 heavy (non-hydrogen) atoms. The van der Waals surface area contributed by atoms with Crippen LogP contribution in [-0.2, 0) is 4.74 Å². The van der Waals surface area contributed by atoms with E-state index in [2.05, 4.69) is 22.3 Å². The highest BCUT2D eigenvalue weighted by atomic mass is 16.5. The van der Waals surface area contributed by atoms with Crippen molar-refractivity contribution in [2.75, 3.05) is 31.1 Å². The number of alkyl carbamates (subject to hydrolysis) is 1. The highest BCUT2D eigenvalue weighted by molar-refractivity contribution is 5.92. The highest BCUT2D eigenvalue weighted by Crippen LogP contribution is 2.33. The number of ether oxygens (including phenoxy) is 1. The van der Waals surface area contributed by atoms with Crippen LogP contribution in [0.5, 0.6) is 5.75 Å². The molecule has 1 atom stereocenters. The number of aryl methyl sites for hydroxylation is 1. The molecule has 1 aliphatic rings. The molecule has 0 bridgehead atoms. The Morgan fingerprint density at radius 2 is 1.97 bits per heavy atom. The van der Waals surface area contributed by atoms with Crippen molar-refractivity contribution in [2.24, 2.45) is 11.8 Å². The molecule has 7 heteroatoms. The van der Waals surface area contributed by atoms with Crippen molar-refractivity contribution in [3.8, 4) is 17.1 Å². The summed E-state index contributed by atoms with van der Waals surface area (Å²) in [5.41, 5.74) is 2.59. The number of aromatic nitrogens is 2. The first-order valence-electron chi connectivity index (χ1n) is 12.1. The minimum absolute atomic E-state index is 0.161. The van der Waals surface area contributed by atoms with E-state index in [0.717, 1.165) is 41.8 Å². The predicted molar refractivity (Wildman–Crippen MR) is 137 cm³/mol. The van der Waals surface area contributed by atoms with Crippen LogP contribution in [0.25, 0.3) is 22.3 Å². The number of aromatic hydroxyl groups is 1. The van der Waals surface area contributed by atoms with E-state index < -0.39 is 0 Å². The summed E-state index contributed by atoms with van der Waals surface area (Å²) in [6.45, 7) is 12.7. The van der Waals surface area contributed by atoms with Gasteiger partial charge in [0.15, 0.2) is 5.82 Å². The topological polar surface area (TPSA) is 87.6 Å². The number of nitrogens with one attached hydrogen (secondary N) is 1. The second-order valence-electron chi connectivity index (χ2n) is 8.88. The molecule has 0 spiro atoms. The lowest BCUT2D eigenvalue weighted by Crippen LogP contribution is -2.32. The maximum absolute atomic E-state index is 11.9. The molecule has 7 nitrogen and oxygen atoms in total. The van der Waals surface area contributed by atoms with Crippen LogP contribution in [0.3, 0.4) is 0 Å². The zero-order chi connectivity index (χ0) is 24.7. The molecule has 1 amide bonds. The molecule has 2 N–H and O–H groups in total. The van der Waals surface area contributed by atoms with Gasteiger partial charge in [-0.2, -0.15) is 0 Å². The van der Waals surface area contributed by atoms with Crippen molar-refractivity contribution < 1.29 is 14.6 Å². The normalized spacial score (nSPS) is 15.2. The number of para-hydroxylation sites is 1. The van der Waals surface area contributed by atoms with Crippen molar-refractivity contribution in [1.82, 2.24) is 15.3 Å². The molecule has 0 saturated carbocycles. The number of nitrogens with zero attached hydrogens (tertiary/aromatic N) is 3. The van der Waals surface area contributed by atoms with Crippen LogP contribution in [0, 0.1) is 18.8 Å². The minimum atomic E-state index is -0.359. The quantitative estimate of drug-likeness (QED) is 0.498. The van der Waals surface area contributed by atoms with Crippen LogP contribution >= 0.6 is 0 Å². The van der Waals surface area contributed by atoms with E-state index in [1.807, 2.05) is 52.8 Å². The first kappa shape index (κ1) is 25.3. The van der Waals surface area contributed by atoms with Gasteiger partial charge in [-0.15, -0.1) is 0 Å². The number of amides is 1. The maximum atomic E-state index is 11.9. The molecule has 1 unspecified atom stereocenters. The molecule has 2 heterocycles. The number of carbonyl (C=O) groups is 1. The molecule has 1 saturated heterocycles. The largest absolute Gasteiger partial charge is 0.507 e. The molecular weight excluding hydrogens is 428 g/mol. The summed E-state index contributed by atoms with van der Waals surface area (Å²) in [6, 6.07) is 13.3. The Kier molecular flexibility index (Phi) is 8.68. The van der Waals surface area contributed by atoms with Gasteiger partial charge < -0.3 is 20.1 Å². The third kappa shape index (κ3) is 6.16. The molecule has 182 valence electrons. The smallest absolute Gasteiger partial charge is 0.407 e. The summed E-state index contributed by atoms with van der Waals surface area (Å²) < 4.78 is 5.21. The van der Waals surface area contributed by atoms with Gasteiger partial charge in [0, 0.05) is 25.0 Å². The Morgan fingerprint density at radius 1 is 1.21 bits per heavy atom. The van der Waals surface area contributed by atoms with Gasteiger partial charge in [0.05, 0.1) is 17.7 Å². The van der Waals surface area contributed by atoms with Gasteiger partial charge in [-0.25, -0.2) is 14.8 Å². The van der Waals surface area contributed by atoms with Crippen LogP contribution in [0.15, 0.2) is 42.5 Å². The van der Waals surface area contributed by atoms with Crippen LogP contribution < -0.4 is 10.2 Å². The first-order chi connectivity index (χ1) is 16.4. The third-order valence-electron chi connectivity index (χ3n) is 5.65. The Morgan fingerprint density at radius 3 is 2.71 bits per heavy atom. The number of anilines is 1. The molecule has 4 rings (SSSR count). The van der Waals surface area contributed by atoms with Gasteiger partial charge in [-0.1, -0.05) is 45.9 Å². The first-order valence-corrected chi connectivity index (χ1v) is 12.1. The monoisotopic (exact) mass is 464 g/mol. The number of carbonyl (C=O) groups excluding carboxylic acids is 1. The van der Waals surface area contributed by atoms with Crippen molar-refractivity contribution in [3.05, 3.63) is 48.0 Å². The molecule has 1 aromatic heterocycles. The van der Waals surface area contributed by atoms with Gasteiger partial charge in [0.1, 0.15) is 11.6 Å². The Hall–Kier alpha value is -3.35. The SMILES string of the molecule is CC.Cc1ccc2c(N3CCC(CNC(=O)OCC(C)C)C3)nc(-c3ccccc3O)nc2c1. The van der Waals surface area contributed by atoms with Gasteiger partial charge in [0.25, 0.3) is 0 Å². The van der Waals surface area contributed by atoms with Gasteiger partial charge in [-0.3, -0.25) is 0 Å². The summed E-state index contributed by atoms with van der Waals surface area (Å²) in [5.74, 6) is 2.16. The molecule has 0 aliphatic carbocycles. The molecule has 2 aromatic carbocycles. The van der Waals surface area contributed by atoms with Crippen LogP contribution in [0.2, 0.25) is 0 Å². The second-order valence-corrected chi connectivity index (χ2v) is 8.88. The fourth-order valence-electron chi connectivity index (χ4n) is 3.96. The summed E-state index contributed by atoms with van der Waals surface area (Å²) in [6.07, 6.45) is 0.593. The summed E-state index contributed by atoms with van der Waals surface area (Å²) in [4.78, 5) is 23.8. The second kappa shape index (κ2) is 11.7. The fourth-order valence-corrected chi connectivity index (χ4v) is 3.96. The molecule has 1 fully saturated rings. The van der Waals surface area contributed by atoms with Gasteiger partial charge in [0.2, 0.25) is 0 Å². The molecule has 0 radical (unpaired) electrons. The van der Waals surface area contributed by atoms with E-state index in [9.17, 15) is 9.90 Å². The zero-order valence-electron chi connectivity index (χ0n) is 20.8. The van der Waals surface area contributed by atoms with E-state index in [0.29, 0.717) is 36.4 Å². The lowest BCUT2D eigenvalue weighted by atomic mass is 10.1. The molecule has 1 aliphatic heterocycles. The fraction of sp³-hybridized carbons (Fsp3) is 0.444. The maximum Gasteiger partial charge on any atom is 0.407 e. The number of phenols is 1. The van der Waals surface area contributed by atoms with Crippen molar-refractivity contribution in [1.29, 1.82) is 0 Å². The summed E-state index contributed by atoms with van der Waals surface area (Å²) >= 11 is 0. The standard InChI is InChI=1S/C25H30N4O3.C2H6/c1-16(2)15-32-25(31)26-13-18-10-11-29(14-18)24-19-9-8-17(3)12-21(19)27-23(28-24)20-6-4-5-7-22(20)30;1-2/h4-9,12,16,18,30H,10-11,13-15H2,1-3H3,(H,26,31);1-2H3. The summed E-state index contributed by atoms with van der Waals surface area (Å²) in [7, 11) is 0.